The summed E-state index contributed by atoms with van der Waals surface area (Å²) in [5, 5.41) is 6.85. The van der Waals surface area contributed by atoms with Crippen LogP contribution in [0.1, 0.15) is 25.5 Å². The van der Waals surface area contributed by atoms with Crippen LogP contribution in [0.3, 0.4) is 0 Å². The van der Waals surface area contributed by atoms with E-state index >= 15 is 0 Å². The van der Waals surface area contributed by atoms with Gasteiger partial charge < -0.3 is 15.2 Å². The summed E-state index contributed by atoms with van der Waals surface area (Å²) in [4.78, 5) is 19.8. The van der Waals surface area contributed by atoms with Crippen molar-refractivity contribution in [3.63, 3.8) is 0 Å². The van der Waals surface area contributed by atoms with Gasteiger partial charge in [0.1, 0.15) is 5.82 Å². The molecule has 164 valence electrons. The maximum absolute atomic E-state index is 4.70. The molecule has 1 saturated heterocycles. The van der Waals surface area contributed by atoms with Gasteiger partial charge in [-0.05, 0) is 56.1 Å². The highest BCUT2D eigenvalue weighted by atomic mass is 15.2. The second-order valence-electron chi connectivity index (χ2n) is 8.40. The molecule has 7 nitrogen and oxygen atoms in total. The molecule has 7 heteroatoms. The zero-order valence-corrected chi connectivity index (χ0v) is 18.6. The van der Waals surface area contributed by atoms with Crippen LogP contribution in [0, 0.1) is 6.92 Å². The number of likely N-dealkylation sites (tertiary alicyclic amines) is 1. The number of piperidine rings is 1. The third kappa shape index (κ3) is 4.57. The van der Waals surface area contributed by atoms with E-state index in [2.05, 4.69) is 61.7 Å². The van der Waals surface area contributed by atoms with E-state index in [1.165, 1.54) is 18.5 Å². The number of imidazole rings is 1. The first-order chi connectivity index (χ1) is 15.7. The van der Waals surface area contributed by atoms with Crippen LogP contribution in [0.4, 0.5) is 17.7 Å². The average Bonchev–Trinajstić information content (AvgIpc) is 3.20. The number of fused-ring (bicyclic) bond motifs is 1. The molecule has 0 aliphatic carbocycles. The SMILES string of the molecule is CCN1CCCC(Nc2cc(C)nc(Nc3nc4ccc(-c5ccccc5)cc4[nH]3)n2)C1. The Morgan fingerprint density at radius 3 is 2.75 bits per heavy atom. The zero-order valence-electron chi connectivity index (χ0n) is 18.6. The fraction of sp³-hybridized carbons (Fsp3) is 0.320. The number of benzene rings is 2. The van der Waals surface area contributed by atoms with Crippen molar-refractivity contribution in [2.75, 3.05) is 30.3 Å². The van der Waals surface area contributed by atoms with E-state index in [1.54, 1.807) is 0 Å². The van der Waals surface area contributed by atoms with Crippen molar-refractivity contribution < 1.29 is 0 Å². The van der Waals surface area contributed by atoms with Gasteiger partial charge in [-0.3, -0.25) is 5.32 Å². The molecule has 0 spiro atoms. The minimum atomic E-state index is 0.411. The highest BCUT2D eigenvalue weighted by Gasteiger charge is 2.19. The molecular formula is C25H29N7. The lowest BCUT2D eigenvalue weighted by Gasteiger charge is -2.32. The Labute approximate surface area is 188 Å². The molecule has 32 heavy (non-hydrogen) atoms. The first kappa shape index (κ1) is 20.5. The summed E-state index contributed by atoms with van der Waals surface area (Å²) < 4.78 is 0. The Bertz CT molecular complexity index is 1200. The van der Waals surface area contributed by atoms with Gasteiger partial charge in [0.25, 0.3) is 0 Å². The van der Waals surface area contributed by atoms with E-state index in [0.29, 0.717) is 17.9 Å². The summed E-state index contributed by atoms with van der Waals surface area (Å²) in [5.74, 6) is 2.03. The highest BCUT2D eigenvalue weighted by Crippen LogP contribution is 2.25. The monoisotopic (exact) mass is 427 g/mol. The van der Waals surface area contributed by atoms with Crippen LogP contribution in [0.15, 0.2) is 54.6 Å². The van der Waals surface area contributed by atoms with E-state index in [9.17, 15) is 0 Å². The van der Waals surface area contributed by atoms with Gasteiger partial charge in [-0.1, -0.05) is 43.3 Å². The fourth-order valence-electron chi connectivity index (χ4n) is 4.35. The molecule has 1 aliphatic rings. The Kier molecular flexibility index (Phi) is 5.73. The quantitative estimate of drug-likeness (QED) is 0.403. The smallest absolute Gasteiger partial charge is 0.231 e. The number of likely N-dealkylation sites (N-methyl/N-ethyl adjacent to an activating group) is 1. The summed E-state index contributed by atoms with van der Waals surface area (Å²) in [7, 11) is 0. The lowest BCUT2D eigenvalue weighted by molar-refractivity contribution is 0.226. The molecule has 2 aromatic heterocycles. The lowest BCUT2D eigenvalue weighted by Crippen LogP contribution is -2.42. The maximum atomic E-state index is 4.70. The van der Waals surface area contributed by atoms with E-state index in [1.807, 2.05) is 37.3 Å². The van der Waals surface area contributed by atoms with Crippen LogP contribution >= 0.6 is 0 Å². The van der Waals surface area contributed by atoms with Gasteiger partial charge in [0, 0.05) is 24.3 Å². The Morgan fingerprint density at radius 2 is 1.91 bits per heavy atom. The highest BCUT2D eigenvalue weighted by molar-refractivity contribution is 5.83. The third-order valence-electron chi connectivity index (χ3n) is 5.98. The van der Waals surface area contributed by atoms with Crippen molar-refractivity contribution >= 4 is 28.7 Å². The number of nitrogens with one attached hydrogen (secondary N) is 3. The maximum Gasteiger partial charge on any atom is 0.231 e. The van der Waals surface area contributed by atoms with E-state index in [-0.39, 0.29) is 0 Å². The lowest BCUT2D eigenvalue weighted by atomic mass is 10.1. The van der Waals surface area contributed by atoms with Crippen LogP contribution in [-0.2, 0) is 0 Å². The second kappa shape index (κ2) is 8.96. The molecular weight excluding hydrogens is 398 g/mol. The number of aromatic amines is 1. The van der Waals surface area contributed by atoms with Gasteiger partial charge in [0.05, 0.1) is 11.0 Å². The normalized spacial score (nSPS) is 16.9. The number of H-pyrrole nitrogens is 1. The molecule has 4 aromatic rings. The van der Waals surface area contributed by atoms with Gasteiger partial charge in [0.15, 0.2) is 0 Å². The summed E-state index contributed by atoms with van der Waals surface area (Å²) >= 11 is 0. The molecule has 0 saturated carbocycles. The van der Waals surface area contributed by atoms with Crippen molar-refractivity contribution in [3.8, 4) is 11.1 Å². The first-order valence-corrected chi connectivity index (χ1v) is 11.3. The first-order valence-electron chi connectivity index (χ1n) is 11.3. The topological polar surface area (TPSA) is 81.8 Å². The van der Waals surface area contributed by atoms with Crippen LogP contribution in [0.25, 0.3) is 22.2 Å². The molecule has 2 aromatic carbocycles. The number of rotatable bonds is 6. The van der Waals surface area contributed by atoms with Gasteiger partial charge in [-0.25, -0.2) is 9.97 Å². The van der Waals surface area contributed by atoms with Gasteiger partial charge in [0.2, 0.25) is 11.9 Å². The van der Waals surface area contributed by atoms with E-state index < -0.39 is 0 Å². The number of anilines is 3. The summed E-state index contributed by atoms with van der Waals surface area (Å²) in [6.45, 7) is 7.53. The average molecular weight is 428 g/mol. The number of aromatic nitrogens is 4. The second-order valence-corrected chi connectivity index (χ2v) is 8.40. The van der Waals surface area contributed by atoms with E-state index in [4.69, 9.17) is 4.98 Å². The predicted octanol–water partition coefficient (Wildman–Crippen LogP) is 4.97. The summed E-state index contributed by atoms with van der Waals surface area (Å²) in [6, 6.07) is 19.0. The van der Waals surface area contributed by atoms with E-state index in [0.717, 1.165) is 47.6 Å². The minimum absolute atomic E-state index is 0.411. The molecule has 0 radical (unpaired) electrons. The van der Waals surface area contributed by atoms with Crippen molar-refractivity contribution in [1.29, 1.82) is 0 Å². The molecule has 1 aliphatic heterocycles. The molecule has 1 fully saturated rings. The number of nitrogens with zero attached hydrogens (tertiary/aromatic N) is 4. The number of hydrogen-bond acceptors (Lipinski definition) is 6. The van der Waals surface area contributed by atoms with Gasteiger partial charge in [-0.2, -0.15) is 4.98 Å². The van der Waals surface area contributed by atoms with Crippen molar-refractivity contribution in [2.45, 2.75) is 32.7 Å². The Morgan fingerprint density at radius 1 is 1.03 bits per heavy atom. The number of hydrogen-bond donors (Lipinski definition) is 3. The molecule has 3 N–H and O–H groups in total. The summed E-state index contributed by atoms with van der Waals surface area (Å²) in [6.07, 6.45) is 2.38. The number of aryl methyl sites for hydroxylation is 1. The molecule has 5 rings (SSSR count). The van der Waals surface area contributed by atoms with Gasteiger partial charge >= 0.3 is 0 Å². The Balaban J connectivity index is 1.34. The third-order valence-corrected chi connectivity index (χ3v) is 5.98. The van der Waals surface area contributed by atoms with Crippen molar-refractivity contribution in [2.24, 2.45) is 0 Å². The minimum Gasteiger partial charge on any atom is -0.366 e. The van der Waals surface area contributed by atoms with Crippen molar-refractivity contribution in [1.82, 2.24) is 24.8 Å². The van der Waals surface area contributed by atoms with Crippen molar-refractivity contribution in [3.05, 3.63) is 60.3 Å². The molecule has 1 atom stereocenters. The molecule has 0 amide bonds. The van der Waals surface area contributed by atoms with Crippen LogP contribution in [-0.4, -0.2) is 50.5 Å². The van der Waals surface area contributed by atoms with Crippen LogP contribution in [0.5, 0.6) is 0 Å². The zero-order chi connectivity index (χ0) is 21.9. The summed E-state index contributed by atoms with van der Waals surface area (Å²) in [5.41, 5.74) is 5.12. The molecule has 1 unspecified atom stereocenters. The van der Waals surface area contributed by atoms with Crippen LogP contribution < -0.4 is 10.6 Å². The molecule has 3 heterocycles. The van der Waals surface area contributed by atoms with Gasteiger partial charge in [-0.15, -0.1) is 0 Å². The molecule has 0 bridgehead atoms. The Hall–Kier alpha value is -3.45. The fourth-order valence-corrected chi connectivity index (χ4v) is 4.35. The predicted molar refractivity (Wildman–Crippen MR) is 130 cm³/mol. The largest absolute Gasteiger partial charge is 0.366 e. The standard InChI is InChI=1S/C25H29N7/c1-3-32-13-7-10-20(16-32)27-23-14-17(2)26-24(30-23)31-25-28-21-12-11-19(15-22(21)29-25)18-8-5-4-6-9-18/h4-6,8-9,11-12,14-15,20H,3,7,10,13,16H2,1-2H3,(H3,26,27,28,29,30,31). The van der Waals surface area contributed by atoms with Crippen LogP contribution in [0.2, 0.25) is 0 Å².